The van der Waals surface area contributed by atoms with E-state index in [1.54, 1.807) is 0 Å². The van der Waals surface area contributed by atoms with Gasteiger partial charge in [-0.25, -0.2) is 4.39 Å². The molecule has 2 heteroatoms. The van der Waals surface area contributed by atoms with E-state index in [2.05, 4.69) is 0 Å². The minimum absolute atomic E-state index is 0.139. The molecule has 0 spiro atoms. The van der Waals surface area contributed by atoms with Crippen molar-refractivity contribution in [3.8, 4) is 0 Å². The van der Waals surface area contributed by atoms with Crippen molar-refractivity contribution in [2.24, 2.45) is 0 Å². The number of hydrogen-bond acceptors (Lipinski definition) is 1. The molecule has 0 saturated heterocycles. The van der Waals surface area contributed by atoms with Crippen LogP contribution in [0.3, 0.4) is 0 Å². The minimum Gasteiger partial charge on any atom is -0.384 e. The molecule has 0 fully saturated rings. The lowest BCUT2D eigenvalue weighted by Crippen LogP contribution is -1.80. The first kappa shape index (κ1) is 4.89. The zero-order valence-electron chi connectivity index (χ0n) is 2.90. The summed E-state index contributed by atoms with van der Waals surface area (Å²) in [6.45, 7) is 1.40. The van der Waals surface area contributed by atoms with Gasteiger partial charge in [-0.3, -0.25) is 0 Å². The van der Waals surface area contributed by atoms with E-state index in [1.165, 1.54) is 6.92 Å². The van der Waals surface area contributed by atoms with Gasteiger partial charge < -0.3 is 5.11 Å². The van der Waals surface area contributed by atoms with E-state index in [-0.39, 0.29) is 12.8 Å². The molecular formula is C3H5FO. The third-order valence-corrected chi connectivity index (χ3v) is 0.158. The van der Waals surface area contributed by atoms with Gasteiger partial charge in [0.05, 0.1) is 0 Å². The Morgan fingerprint density at radius 2 is 2.20 bits per heavy atom. The Labute approximate surface area is 30.4 Å². The lowest BCUT2D eigenvalue weighted by atomic mass is 10.5. The van der Waals surface area contributed by atoms with Gasteiger partial charge in [-0.05, 0) is 6.92 Å². The van der Waals surface area contributed by atoms with Crippen LogP contribution < -0.4 is 0 Å². The fourth-order valence-corrected chi connectivity index (χ4v) is 0. The van der Waals surface area contributed by atoms with Crippen molar-refractivity contribution in [3.63, 3.8) is 0 Å². The van der Waals surface area contributed by atoms with Gasteiger partial charge in [0.15, 0.2) is 6.67 Å². The van der Waals surface area contributed by atoms with E-state index in [4.69, 9.17) is 5.11 Å². The first-order valence-electron chi connectivity index (χ1n) is 1.23. The highest BCUT2D eigenvalue weighted by Crippen LogP contribution is 1.93. The van der Waals surface area contributed by atoms with Gasteiger partial charge in [0, 0.05) is 0 Å². The first-order valence-corrected chi connectivity index (χ1v) is 1.23. The summed E-state index contributed by atoms with van der Waals surface area (Å²) in [6, 6.07) is 0. The molecule has 0 aromatic heterocycles. The normalized spacial score (nSPS) is 9.60. The third kappa shape index (κ3) is 3.89. The lowest BCUT2D eigenvalue weighted by Gasteiger charge is -1.84. The largest absolute Gasteiger partial charge is 0.384 e. The number of halogens is 1. The van der Waals surface area contributed by atoms with E-state index in [1.807, 2.05) is 0 Å². The van der Waals surface area contributed by atoms with Gasteiger partial charge in [-0.2, -0.15) is 0 Å². The van der Waals surface area contributed by atoms with E-state index in [0.717, 1.165) is 0 Å². The molecule has 0 saturated carbocycles. The lowest BCUT2D eigenvalue weighted by molar-refractivity contribution is 0.299. The Morgan fingerprint density at radius 3 is 2.20 bits per heavy atom. The second-order valence-electron chi connectivity index (χ2n) is 0.750. The zero-order valence-corrected chi connectivity index (χ0v) is 2.90. The van der Waals surface area contributed by atoms with Crippen molar-refractivity contribution in [1.29, 1.82) is 0 Å². The van der Waals surface area contributed by atoms with Gasteiger partial charge in [-0.15, -0.1) is 0 Å². The topological polar surface area (TPSA) is 20.2 Å². The van der Waals surface area contributed by atoms with Crippen molar-refractivity contribution >= 4 is 0 Å². The molecule has 0 amide bonds. The Hall–Kier alpha value is -0.110. The Bertz CT molecular complexity index is 20.9. The smallest absolute Gasteiger partial charge is 0.165 e. The summed E-state index contributed by atoms with van der Waals surface area (Å²) in [7, 11) is 0. The summed E-state index contributed by atoms with van der Waals surface area (Å²) in [5, 5.41) is 7.85. The molecule has 0 aliphatic heterocycles. The molecule has 0 unspecified atom stereocenters. The number of aliphatic hydroxyl groups excluding tert-OH is 1. The summed E-state index contributed by atoms with van der Waals surface area (Å²) in [5.74, 6) is 0. The van der Waals surface area contributed by atoms with Gasteiger partial charge in [0.25, 0.3) is 0 Å². The van der Waals surface area contributed by atoms with E-state index in [0.29, 0.717) is 0 Å². The minimum atomic E-state index is -0.287. The van der Waals surface area contributed by atoms with Crippen molar-refractivity contribution in [1.82, 2.24) is 0 Å². The molecule has 0 atom stereocenters. The molecule has 0 aliphatic carbocycles. The van der Waals surface area contributed by atoms with Gasteiger partial charge in [0.2, 0.25) is 0 Å². The van der Waals surface area contributed by atoms with Crippen LogP contribution >= 0.6 is 0 Å². The molecule has 1 N–H and O–H groups in total. The molecule has 1 nitrogen and oxygen atoms in total. The molecular weight excluding hydrogens is 71.0 g/mol. The van der Waals surface area contributed by atoms with E-state index < -0.39 is 0 Å². The summed E-state index contributed by atoms with van der Waals surface area (Å²) in [4.78, 5) is 0. The van der Waals surface area contributed by atoms with Crippen molar-refractivity contribution in [2.45, 2.75) is 6.92 Å². The molecule has 30 valence electrons. The standard InChI is InChI=1S/C3H5FO/c1-3(5)2-4/h2,5H,1H3. The van der Waals surface area contributed by atoms with Crippen molar-refractivity contribution in [3.05, 3.63) is 12.8 Å². The summed E-state index contributed by atoms with van der Waals surface area (Å²) in [5.41, 5.74) is 0. The average Bonchev–Trinajstić information content (AvgIpc) is 1.38. The number of aliphatic hydroxyl groups is 1. The fraction of sp³-hybridized carbons (Fsp3) is 0.333. The van der Waals surface area contributed by atoms with Crippen LogP contribution in [0.5, 0.6) is 0 Å². The van der Waals surface area contributed by atoms with E-state index in [9.17, 15) is 4.39 Å². The van der Waals surface area contributed by atoms with Gasteiger partial charge in [-0.1, -0.05) is 0 Å². The molecule has 0 bridgehead atoms. The predicted molar refractivity (Wildman–Crippen MR) is 16.3 cm³/mol. The molecule has 0 rings (SSSR count). The van der Waals surface area contributed by atoms with Crippen LogP contribution in [-0.4, -0.2) is 5.11 Å². The molecule has 0 aromatic rings. The van der Waals surface area contributed by atoms with Crippen molar-refractivity contribution < 1.29 is 9.50 Å². The highest BCUT2D eigenvalue weighted by atomic mass is 19.1. The summed E-state index contributed by atoms with van der Waals surface area (Å²) >= 11 is 0. The maximum atomic E-state index is 10.7. The van der Waals surface area contributed by atoms with Crippen LogP contribution in [0.15, 0.2) is 0 Å². The Balaban J connectivity index is 2.54. The molecule has 0 aliphatic rings. The van der Waals surface area contributed by atoms with E-state index >= 15 is 0 Å². The number of rotatable bonds is 1. The molecule has 0 heterocycles. The van der Waals surface area contributed by atoms with Crippen LogP contribution in [0.2, 0.25) is 0 Å². The zero-order chi connectivity index (χ0) is 4.28. The van der Waals surface area contributed by atoms with Gasteiger partial charge >= 0.3 is 0 Å². The Kier molecular flexibility index (Phi) is 2.10. The second-order valence-corrected chi connectivity index (χ2v) is 0.750. The first-order chi connectivity index (χ1) is 2.27. The molecule has 5 heavy (non-hydrogen) atoms. The summed E-state index contributed by atoms with van der Waals surface area (Å²) < 4.78 is 10.7. The molecule has 2 radical (unpaired) electrons. The summed E-state index contributed by atoms with van der Waals surface area (Å²) in [6.07, 6.45) is -0.287. The van der Waals surface area contributed by atoms with Gasteiger partial charge in [0.1, 0.15) is 6.10 Å². The predicted octanol–water partition coefficient (Wildman–Crippen LogP) is 1.04. The average molecular weight is 76.1 g/mol. The van der Waals surface area contributed by atoms with Crippen LogP contribution in [-0.2, 0) is 0 Å². The fourth-order valence-electron chi connectivity index (χ4n) is 0. The van der Waals surface area contributed by atoms with Crippen molar-refractivity contribution in [2.75, 3.05) is 0 Å². The SMILES string of the molecule is C[C](O)[CH]F. The second kappa shape index (κ2) is 2.15. The maximum Gasteiger partial charge on any atom is 0.165 e. The van der Waals surface area contributed by atoms with Crippen LogP contribution in [0.4, 0.5) is 4.39 Å². The number of hydrogen-bond donors (Lipinski definition) is 1. The third-order valence-electron chi connectivity index (χ3n) is 0.158. The monoisotopic (exact) mass is 76.0 g/mol. The van der Waals surface area contributed by atoms with Crippen LogP contribution in [0.25, 0.3) is 0 Å². The quantitative estimate of drug-likeness (QED) is 0.494. The molecule has 0 aromatic carbocycles. The Morgan fingerprint density at radius 1 is 2.00 bits per heavy atom. The highest BCUT2D eigenvalue weighted by Gasteiger charge is 1.89. The van der Waals surface area contributed by atoms with Crippen LogP contribution in [0.1, 0.15) is 6.92 Å². The maximum absolute atomic E-state index is 10.7. The highest BCUT2D eigenvalue weighted by molar-refractivity contribution is 4.75. The van der Waals surface area contributed by atoms with Crippen LogP contribution in [0, 0.1) is 12.8 Å².